The van der Waals surface area contributed by atoms with Crippen LogP contribution in [0.2, 0.25) is 0 Å². The van der Waals surface area contributed by atoms with Crippen LogP contribution in [0.5, 0.6) is 0 Å². The number of rotatable bonds is 6. The number of nitrogens with zero attached hydrogens (tertiary/aromatic N) is 7. The molecule has 11 nitrogen and oxygen atoms in total. The molecule has 4 rings (SSSR count). The van der Waals surface area contributed by atoms with Gasteiger partial charge in [-0.05, 0) is 47.2 Å². The molecule has 17 heteroatoms. The zero-order valence-corrected chi connectivity index (χ0v) is 19.4. The topological polar surface area (TPSA) is 142 Å². The van der Waals surface area contributed by atoms with Crippen molar-refractivity contribution in [2.45, 2.75) is 25.3 Å². The Bertz CT molecular complexity index is 1520. The highest BCUT2D eigenvalue weighted by molar-refractivity contribution is 5.95. The van der Waals surface area contributed by atoms with Crippen molar-refractivity contribution in [1.82, 2.24) is 35.0 Å². The minimum atomic E-state index is -5.13. The fourth-order valence-electron chi connectivity index (χ4n) is 3.47. The Labute approximate surface area is 213 Å². The maximum Gasteiger partial charge on any atom is 0.416 e. The van der Waals surface area contributed by atoms with Crippen molar-refractivity contribution >= 4 is 11.7 Å². The number of carbonyl (C=O) groups is 1. The molecule has 0 spiro atoms. The van der Waals surface area contributed by atoms with Gasteiger partial charge in [0, 0.05) is 18.0 Å². The Morgan fingerprint density at radius 1 is 0.974 bits per heavy atom. The summed E-state index contributed by atoms with van der Waals surface area (Å²) in [6, 6.07) is 2.24. The van der Waals surface area contributed by atoms with Crippen molar-refractivity contribution in [3.8, 4) is 17.2 Å². The lowest BCUT2D eigenvalue weighted by molar-refractivity contribution is -0.389. The van der Waals surface area contributed by atoms with E-state index in [1.54, 1.807) is 0 Å². The number of amides is 1. The minimum absolute atomic E-state index is 0.00406. The van der Waals surface area contributed by atoms with Gasteiger partial charge in [0.25, 0.3) is 5.91 Å². The molecule has 3 aromatic heterocycles. The molecule has 0 fully saturated rings. The van der Waals surface area contributed by atoms with E-state index in [2.05, 4.69) is 30.4 Å². The third kappa shape index (κ3) is 5.81. The van der Waals surface area contributed by atoms with E-state index in [9.17, 15) is 41.3 Å². The monoisotopic (exact) mass is 552 g/mol. The van der Waals surface area contributed by atoms with E-state index in [1.165, 1.54) is 37.6 Å². The molecule has 0 aliphatic heterocycles. The van der Waals surface area contributed by atoms with Gasteiger partial charge < -0.3 is 15.4 Å². The lowest BCUT2D eigenvalue weighted by atomic mass is 10.0. The van der Waals surface area contributed by atoms with Gasteiger partial charge in [-0.25, -0.2) is 14.6 Å². The van der Waals surface area contributed by atoms with E-state index in [0.717, 1.165) is 11.0 Å². The second-order valence-corrected chi connectivity index (χ2v) is 7.90. The zero-order chi connectivity index (χ0) is 28.5. The van der Waals surface area contributed by atoms with Gasteiger partial charge in [-0.2, -0.15) is 26.3 Å². The maximum atomic E-state index is 13.2. The summed E-state index contributed by atoms with van der Waals surface area (Å²) in [5, 5.41) is 17.7. The molecule has 0 saturated heterocycles. The van der Waals surface area contributed by atoms with E-state index in [0.29, 0.717) is 12.1 Å². The number of hydrogen-bond donors (Lipinski definition) is 1. The Hall–Kier alpha value is -4.96. The van der Waals surface area contributed by atoms with Crippen LogP contribution < -0.4 is 5.32 Å². The van der Waals surface area contributed by atoms with Crippen molar-refractivity contribution in [2.75, 3.05) is 0 Å². The molecule has 0 saturated carbocycles. The highest BCUT2D eigenvalue weighted by Crippen LogP contribution is 2.36. The average molecular weight is 552 g/mol. The van der Waals surface area contributed by atoms with Crippen LogP contribution in [0.15, 0.2) is 55.2 Å². The molecule has 0 aliphatic carbocycles. The van der Waals surface area contributed by atoms with E-state index in [-0.39, 0.29) is 29.0 Å². The number of benzene rings is 1. The molecule has 1 amide bonds. The lowest BCUT2D eigenvalue weighted by Crippen LogP contribution is -2.28. The third-order valence-electron chi connectivity index (χ3n) is 5.22. The fourth-order valence-corrected chi connectivity index (χ4v) is 3.47. The van der Waals surface area contributed by atoms with Gasteiger partial charge in [0.1, 0.15) is 18.2 Å². The number of hydrogen-bond acceptors (Lipinski definition) is 8. The third-order valence-corrected chi connectivity index (χ3v) is 5.22. The zero-order valence-electron chi connectivity index (χ0n) is 19.4. The number of aromatic nitrogens is 6. The molecule has 1 atom stereocenters. The predicted octanol–water partition coefficient (Wildman–Crippen LogP) is 4.56. The van der Waals surface area contributed by atoms with Crippen LogP contribution >= 0.6 is 0 Å². The standard InChI is InChI=1S/C22H14F6N8O3/c1-11(33-20(37)12-7-13(21(23,24)25)9-14(8-12)22(26,27)28)16-17(30-6-5-29-16)18-32-10-35(34-18)15-3-2-4-31-19(15)36(38)39/h2-11H,1H3,(H,33,37). The van der Waals surface area contributed by atoms with Gasteiger partial charge in [0.15, 0.2) is 5.69 Å². The van der Waals surface area contributed by atoms with Crippen molar-refractivity contribution in [3.05, 3.63) is 87.7 Å². The Morgan fingerprint density at radius 2 is 1.62 bits per heavy atom. The van der Waals surface area contributed by atoms with E-state index >= 15 is 0 Å². The summed E-state index contributed by atoms with van der Waals surface area (Å²) in [6.07, 6.45) is -5.42. The average Bonchev–Trinajstić information content (AvgIpc) is 3.37. The first kappa shape index (κ1) is 27.1. The molecule has 39 heavy (non-hydrogen) atoms. The predicted molar refractivity (Wildman–Crippen MR) is 119 cm³/mol. The Kier molecular flexibility index (Phi) is 6.99. The van der Waals surface area contributed by atoms with Gasteiger partial charge >= 0.3 is 18.2 Å². The van der Waals surface area contributed by atoms with Gasteiger partial charge in [-0.3, -0.25) is 9.78 Å². The minimum Gasteiger partial charge on any atom is -0.358 e. The molecular weight excluding hydrogens is 538 g/mol. The summed E-state index contributed by atoms with van der Waals surface area (Å²) < 4.78 is 80.2. The number of nitrogens with one attached hydrogen (secondary N) is 1. The molecule has 0 bridgehead atoms. The second-order valence-electron chi connectivity index (χ2n) is 7.90. The summed E-state index contributed by atoms with van der Waals surface area (Å²) in [5.74, 6) is -1.83. The highest BCUT2D eigenvalue weighted by Gasteiger charge is 2.37. The maximum absolute atomic E-state index is 13.2. The second kappa shape index (κ2) is 10.1. The molecule has 202 valence electrons. The normalized spacial score (nSPS) is 12.7. The van der Waals surface area contributed by atoms with Crippen molar-refractivity contribution < 1.29 is 36.1 Å². The summed E-state index contributed by atoms with van der Waals surface area (Å²) >= 11 is 0. The van der Waals surface area contributed by atoms with Crippen LogP contribution in [0.4, 0.5) is 32.2 Å². The summed E-state index contributed by atoms with van der Waals surface area (Å²) in [6.45, 7) is 1.37. The van der Waals surface area contributed by atoms with Crippen molar-refractivity contribution in [1.29, 1.82) is 0 Å². The SMILES string of the molecule is CC(NC(=O)c1cc(C(F)(F)F)cc(C(F)(F)F)c1)c1nccnc1-c1ncn(-c2cccnc2[N+](=O)[O-])n1. The number of carbonyl (C=O) groups excluding carboxylic acids is 1. The number of alkyl halides is 6. The van der Waals surface area contributed by atoms with E-state index < -0.39 is 51.7 Å². The van der Waals surface area contributed by atoms with Gasteiger partial charge in [-0.1, -0.05) is 0 Å². The van der Waals surface area contributed by atoms with Crippen LogP contribution in [0.3, 0.4) is 0 Å². The van der Waals surface area contributed by atoms with Gasteiger partial charge in [0.05, 0.1) is 22.9 Å². The Balaban J connectivity index is 1.65. The van der Waals surface area contributed by atoms with Crippen LogP contribution in [0, 0.1) is 10.1 Å². The summed E-state index contributed by atoms with van der Waals surface area (Å²) in [7, 11) is 0. The largest absolute Gasteiger partial charge is 0.416 e. The van der Waals surface area contributed by atoms with Crippen molar-refractivity contribution in [2.24, 2.45) is 0 Å². The first-order valence-electron chi connectivity index (χ1n) is 10.7. The van der Waals surface area contributed by atoms with E-state index in [1.807, 2.05) is 0 Å². The summed E-state index contributed by atoms with van der Waals surface area (Å²) in [4.78, 5) is 39.2. The molecule has 1 unspecified atom stereocenters. The Morgan fingerprint density at radius 3 is 2.23 bits per heavy atom. The van der Waals surface area contributed by atoms with Crippen LogP contribution in [0.25, 0.3) is 17.2 Å². The summed E-state index contributed by atoms with van der Waals surface area (Å²) in [5.41, 5.74) is -4.16. The lowest BCUT2D eigenvalue weighted by Gasteiger charge is -2.17. The molecule has 1 aromatic carbocycles. The van der Waals surface area contributed by atoms with Crippen LogP contribution in [-0.2, 0) is 12.4 Å². The van der Waals surface area contributed by atoms with Crippen LogP contribution in [-0.4, -0.2) is 40.5 Å². The molecule has 4 aromatic rings. The van der Waals surface area contributed by atoms with Gasteiger partial charge in [0.2, 0.25) is 5.82 Å². The highest BCUT2D eigenvalue weighted by atomic mass is 19.4. The van der Waals surface area contributed by atoms with Crippen molar-refractivity contribution in [3.63, 3.8) is 0 Å². The van der Waals surface area contributed by atoms with Gasteiger partial charge in [-0.15, -0.1) is 5.10 Å². The number of nitro groups is 1. The van der Waals surface area contributed by atoms with E-state index in [4.69, 9.17) is 0 Å². The quantitative estimate of drug-likeness (QED) is 0.209. The first-order valence-corrected chi connectivity index (χ1v) is 10.7. The molecule has 3 heterocycles. The number of halogens is 6. The molecule has 1 N–H and O–H groups in total. The molecule has 0 aliphatic rings. The molecule has 0 radical (unpaired) electrons. The first-order chi connectivity index (χ1) is 18.3. The fraction of sp³-hybridized carbons (Fsp3) is 0.182. The smallest absolute Gasteiger partial charge is 0.358 e. The number of pyridine rings is 1. The molecular formula is C22H14F6N8O3. The van der Waals surface area contributed by atoms with Crippen LogP contribution in [0.1, 0.15) is 40.1 Å².